The summed E-state index contributed by atoms with van der Waals surface area (Å²) in [4.78, 5) is 16.8. The highest BCUT2D eigenvalue weighted by Crippen LogP contribution is 2.31. The van der Waals surface area contributed by atoms with Crippen LogP contribution in [0.5, 0.6) is 0 Å². The summed E-state index contributed by atoms with van der Waals surface area (Å²) in [6.45, 7) is 4.13. The number of carbonyl (C=O) groups is 1. The number of pyridine rings is 1. The lowest BCUT2D eigenvalue weighted by atomic mass is 9.87. The monoisotopic (exact) mass is 391 g/mol. The maximum atomic E-state index is 12.4. The molecule has 0 unspecified atom stereocenters. The Hall–Kier alpha value is -3.16. The van der Waals surface area contributed by atoms with Crippen LogP contribution in [-0.4, -0.2) is 36.1 Å². The molecule has 8 nitrogen and oxygen atoms in total. The fourth-order valence-electron chi connectivity index (χ4n) is 3.75. The molecule has 29 heavy (non-hydrogen) atoms. The highest BCUT2D eigenvalue weighted by molar-refractivity contribution is 5.91. The van der Waals surface area contributed by atoms with Crippen molar-refractivity contribution in [2.75, 3.05) is 0 Å². The molecule has 1 N–H and O–H groups in total. The molecule has 1 aliphatic carbocycles. The molecule has 4 rings (SSSR count). The number of aromatic nitrogens is 6. The van der Waals surface area contributed by atoms with Gasteiger partial charge >= 0.3 is 0 Å². The van der Waals surface area contributed by atoms with Crippen molar-refractivity contribution in [3.05, 3.63) is 58.9 Å². The van der Waals surface area contributed by atoms with Crippen LogP contribution in [-0.2, 0) is 6.54 Å². The maximum Gasteiger partial charge on any atom is 0.273 e. The van der Waals surface area contributed by atoms with Gasteiger partial charge in [0.15, 0.2) is 5.69 Å². The van der Waals surface area contributed by atoms with Crippen molar-refractivity contribution in [1.29, 1.82) is 0 Å². The van der Waals surface area contributed by atoms with Crippen molar-refractivity contribution in [2.24, 2.45) is 0 Å². The Balaban J connectivity index is 1.37. The summed E-state index contributed by atoms with van der Waals surface area (Å²) in [7, 11) is 0. The van der Waals surface area contributed by atoms with Crippen LogP contribution in [0.1, 0.15) is 71.3 Å². The second-order valence-electron chi connectivity index (χ2n) is 7.57. The number of hydrogen-bond donors (Lipinski definition) is 1. The molecule has 0 atom stereocenters. The Bertz CT molecular complexity index is 991. The summed E-state index contributed by atoms with van der Waals surface area (Å²) in [6.07, 6.45) is 7.84. The molecule has 1 amide bonds. The third kappa shape index (κ3) is 4.47. The quantitative estimate of drug-likeness (QED) is 0.718. The van der Waals surface area contributed by atoms with Crippen molar-refractivity contribution >= 4 is 5.91 Å². The Labute approximate surface area is 169 Å². The molecule has 0 aliphatic heterocycles. The average molecular weight is 391 g/mol. The van der Waals surface area contributed by atoms with Crippen molar-refractivity contribution < 1.29 is 4.79 Å². The van der Waals surface area contributed by atoms with E-state index in [2.05, 4.69) is 30.8 Å². The molecule has 0 spiro atoms. The molecular formula is C21H25N7O. The van der Waals surface area contributed by atoms with Gasteiger partial charge in [0.2, 0.25) is 0 Å². The molecule has 0 aromatic carbocycles. The van der Waals surface area contributed by atoms with Crippen LogP contribution < -0.4 is 5.32 Å². The summed E-state index contributed by atoms with van der Waals surface area (Å²) >= 11 is 0. The van der Waals surface area contributed by atoms with Gasteiger partial charge in [0, 0.05) is 11.6 Å². The fraction of sp³-hybridized carbons (Fsp3) is 0.429. The molecule has 0 saturated heterocycles. The van der Waals surface area contributed by atoms with Crippen LogP contribution in [0.4, 0.5) is 0 Å². The van der Waals surface area contributed by atoms with E-state index in [1.54, 1.807) is 10.9 Å². The first kappa shape index (κ1) is 19.2. The highest BCUT2D eigenvalue weighted by Gasteiger charge is 2.17. The van der Waals surface area contributed by atoms with Gasteiger partial charge in [-0.25, -0.2) is 4.68 Å². The van der Waals surface area contributed by atoms with Crippen LogP contribution in [0.3, 0.4) is 0 Å². The second-order valence-corrected chi connectivity index (χ2v) is 7.57. The standard InChI is InChI=1S/C21H25N7O/c1-14-8-11-20(15(2)23-14)28-13-19(26-27-28)21(29)22-12-17-9-10-18(25-24-17)16-6-4-3-5-7-16/h8-11,13,16H,3-7,12H2,1-2H3,(H,22,29). The van der Waals surface area contributed by atoms with Gasteiger partial charge in [-0.1, -0.05) is 24.5 Å². The number of rotatable bonds is 5. The molecule has 3 aromatic rings. The average Bonchev–Trinajstić information content (AvgIpc) is 3.23. The zero-order valence-electron chi connectivity index (χ0n) is 16.8. The van der Waals surface area contributed by atoms with Crippen LogP contribution >= 0.6 is 0 Å². The third-order valence-corrected chi connectivity index (χ3v) is 5.36. The lowest BCUT2D eigenvalue weighted by Crippen LogP contribution is -2.24. The minimum Gasteiger partial charge on any atom is -0.345 e. The molecule has 8 heteroatoms. The summed E-state index contributed by atoms with van der Waals surface area (Å²) in [5.41, 5.74) is 4.59. The number of carbonyl (C=O) groups excluding carboxylic acids is 1. The van der Waals surface area contributed by atoms with Crippen molar-refractivity contribution in [2.45, 2.75) is 58.4 Å². The Kier molecular flexibility index (Phi) is 5.59. The van der Waals surface area contributed by atoms with E-state index in [9.17, 15) is 4.79 Å². The number of nitrogens with one attached hydrogen (secondary N) is 1. The van der Waals surface area contributed by atoms with E-state index in [1.807, 2.05) is 38.1 Å². The van der Waals surface area contributed by atoms with Crippen molar-refractivity contribution in [3.63, 3.8) is 0 Å². The second kappa shape index (κ2) is 8.46. The molecule has 1 aliphatic rings. The van der Waals surface area contributed by atoms with Gasteiger partial charge in [-0.05, 0) is 51.0 Å². The minimum atomic E-state index is -0.299. The third-order valence-electron chi connectivity index (χ3n) is 5.36. The summed E-state index contributed by atoms with van der Waals surface area (Å²) in [5, 5.41) is 19.5. The molecule has 1 fully saturated rings. The first-order valence-corrected chi connectivity index (χ1v) is 10.1. The fourth-order valence-corrected chi connectivity index (χ4v) is 3.75. The maximum absolute atomic E-state index is 12.4. The summed E-state index contributed by atoms with van der Waals surface area (Å²) in [5.74, 6) is 0.224. The van der Waals surface area contributed by atoms with E-state index in [1.165, 1.54) is 32.1 Å². The Morgan fingerprint density at radius 1 is 1.07 bits per heavy atom. The first-order valence-electron chi connectivity index (χ1n) is 10.1. The largest absolute Gasteiger partial charge is 0.345 e. The molecule has 3 heterocycles. The topological polar surface area (TPSA) is 98.5 Å². The van der Waals surface area contributed by atoms with E-state index in [0.717, 1.165) is 28.5 Å². The molecule has 150 valence electrons. The summed E-state index contributed by atoms with van der Waals surface area (Å²) < 4.78 is 1.56. The molecule has 0 bridgehead atoms. The lowest BCUT2D eigenvalue weighted by molar-refractivity contribution is 0.0945. The Morgan fingerprint density at radius 2 is 1.90 bits per heavy atom. The van der Waals surface area contributed by atoms with E-state index >= 15 is 0 Å². The Morgan fingerprint density at radius 3 is 2.62 bits per heavy atom. The van der Waals surface area contributed by atoms with Gasteiger partial charge in [0.1, 0.15) is 0 Å². The van der Waals surface area contributed by atoms with Gasteiger partial charge in [0.25, 0.3) is 5.91 Å². The smallest absolute Gasteiger partial charge is 0.273 e. The number of nitrogens with zero attached hydrogens (tertiary/aromatic N) is 6. The molecule has 1 saturated carbocycles. The molecular weight excluding hydrogens is 366 g/mol. The van der Waals surface area contributed by atoms with E-state index in [0.29, 0.717) is 12.5 Å². The zero-order valence-corrected chi connectivity index (χ0v) is 16.8. The zero-order chi connectivity index (χ0) is 20.2. The number of amides is 1. The van der Waals surface area contributed by atoms with E-state index < -0.39 is 0 Å². The van der Waals surface area contributed by atoms with Gasteiger partial charge in [-0.2, -0.15) is 10.2 Å². The van der Waals surface area contributed by atoms with Gasteiger partial charge < -0.3 is 5.32 Å². The lowest BCUT2D eigenvalue weighted by Gasteiger charge is -2.20. The van der Waals surface area contributed by atoms with Gasteiger partial charge in [0.05, 0.1) is 35.5 Å². The van der Waals surface area contributed by atoms with Crippen LogP contribution in [0, 0.1) is 13.8 Å². The normalized spacial score (nSPS) is 14.7. The first-order chi connectivity index (χ1) is 14.1. The van der Waals surface area contributed by atoms with Crippen LogP contribution in [0.15, 0.2) is 30.5 Å². The SMILES string of the molecule is Cc1ccc(-n2cc(C(=O)NCc3ccc(C4CCCCC4)nn3)nn2)c(C)n1. The van der Waals surface area contributed by atoms with Crippen molar-refractivity contribution in [3.8, 4) is 5.69 Å². The van der Waals surface area contributed by atoms with Gasteiger partial charge in [-0.15, -0.1) is 5.10 Å². The van der Waals surface area contributed by atoms with Crippen LogP contribution in [0.2, 0.25) is 0 Å². The van der Waals surface area contributed by atoms with Crippen LogP contribution in [0.25, 0.3) is 5.69 Å². The molecule has 3 aromatic heterocycles. The van der Waals surface area contributed by atoms with Gasteiger partial charge in [-0.3, -0.25) is 9.78 Å². The number of hydrogen-bond acceptors (Lipinski definition) is 6. The minimum absolute atomic E-state index is 0.247. The van der Waals surface area contributed by atoms with E-state index in [-0.39, 0.29) is 11.6 Å². The summed E-state index contributed by atoms with van der Waals surface area (Å²) in [6, 6.07) is 7.79. The predicted octanol–water partition coefficient (Wildman–Crippen LogP) is 3.05. The predicted molar refractivity (Wildman–Crippen MR) is 108 cm³/mol. The highest BCUT2D eigenvalue weighted by atomic mass is 16.2. The number of aryl methyl sites for hydroxylation is 2. The van der Waals surface area contributed by atoms with E-state index in [4.69, 9.17) is 0 Å². The van der Waals surface area contributed by atoms with Crippen molar-refractivity contribution in [1.82, 2.24) is 35.5 Å². The molecule has 0 radical (unpaired) electrons.